The number of ether oxygens (including phenoxy) is 1. The minimum atomic E-state index is -0.541. The summed E-state index contributed by atoms with van der Waals surface area (Å²) in [5.41, 5.74) is 4.65. The number of esters is 1. The fourth-order valence-electron chi connectivity index (χ4n) is 4.74. The van der Waals surface area contributed by atoms with Crippen LogP contribution < -0.4 is 0 Å². The molecule has 1 unspecified atom stereocenters. The van der Waals surface area contributed by atoms with Crippen LogP contribution in [-0.2, 0) is 14.9 Å². The molecular formula is C29H26O2. The third-order valence-corrected chi connectivity index (χ3v) is 6.04. The molecule has 0 radical (unpaired) electrons. The number of rotatable bonds is 6. The van der Waals surface area contributed by atoms with E-state index in [1.165, 1.54) is 5.57 Å². The van der Waals surface area contributed by atoms with Crippen molar-refractivity contribution in [2.75, 3.05) is 6.61 Å². The number of allylic oxidation sites excluding steroid dienone is 3. The number of carbonyl (C=O) groups excluding carboxylic acids is 1. The molecule has 0 N–H and O–H groups in total. The molecule has 3 aromatic carbocycles. The lowest BCUT2D eigenvalue weighted by Crippen LogP contribution is -2.41. The molecular weight excluding hydrogens is 380 g/mol. The second kappa shape index (κ2) is 9.01. The molecule has 1 atom stereocenters. The van der Waals surface area contributed by atoms with Crippen LogP contribution in [0.1, 0.15) is 29.5 Å². The van der Waals surface area contributed by atoms with Gasteiger partial charge in [0, 0.05) is 11.5 Å². The maximum atomic E-state index is 13.2. The lowest BCUT2D eigenvalue weighted by atomic mass is 9.56. The first-order valence-corrected chi connectivity index (χ1v) is 10.5. The van der Waals surface area contributed by atoms with Crippen LogP contribution in [0.3, 0.4) is 0 Å². The predicted molar refractivity (Wildman–Crippen MR) is 126 cm³/mol. The molecule has 0 saturated heterocycles. The largest absolute Gasteiger partial charge is 0.458 e. The number of benzene rings is 3. The smallest absolute Gasteiger partial charge is 0.335 e. The van der Waals surface area contributed by atoms with E-state index in [2.05, 4.69) is 80.2 Å². The molecule has 0 spiro atoms. The maximum Gasteiger partial charge on any atom is 0.335 e. The summed E-state index contributed by atoms with van der Waals surface area (Å²) in [6.45, 7) is 6.02. The molecule has 0 saturated carbocycles. The molecule has 31 heavy (non-hydrogen) atoms. The van der Waals surface area contributed by atoms with Gasteiger partial charge < -0.3 is 4.74 Å². The molecule has 0 bridgehead atoms. The SMILES string of the molecule is C=CCOC(=O)C1=CC=C(C)C(c2ccccc2)(c2ccccc2)C1c1ccccc1. The Morgan fingerprint density at radius 2 is 1.39 bits per heavy atom. The fourth-order valence-corrected chi connectivity index (χ4v) is 4.74. The minimum Gasteiger partial charge on any atom is -0.458 e. The van der Waals surface area contributed by atoms with Gasteiger partial charge in [0.25, 0.3) is 0 Å². The van der Waals surface area contributed by atoms with Gasteiger partial charge in [-0.05, 0) is 23.6 Å². The Balaban J connectivity index is 2.04. The molecule has 2 heteroatoms. The van der Waals surface area contributed by atoms with Gasteiger partial charge in [0.1, 0.15) is 6.61 Å². The van der Waals surface area contributed by atoms with Gasteiger partial charge in [-0.15, -0.1) is 0 Å². The molecule has 1 aliphatic rings. The van der Waals surface area contributed by atoms with Gasteiger partial charge in [0.05, 0.1) is 5.41 Å². The Kier molecular flexibility index (Phi) is 5.99. The van der Waals surface area contributed by atoms with E-state index in [1.807, 2.05) is 36.4 Å². The normalized spacial score (nSPS) is 17.3. The van der Waals surface area contributed by atoms with Gasteiger partial charge >= 0.3 is 5.97 Å². The van der Waals surface area contributed by atoms with Crippen LogP contribution in [0.5, 0.6) is 0 Å². The van der Waals surface area contributed by atoms with Crippen LogP contribution in [0.4, 0.5) is 0 Å². The van der Waals surface area contributed by atoms with E-state index in [4.69, 9.17) is 4.74 Å². The van der Waals surface area contributed by atoms with Crippen molar-refractivity contribution in [1.82, 2.24) is 0 Å². The molecule has 3 aromatic rings. The van der Waals surface area contributed by atoms with E-state index < -0.39 is 5.41 Å². The third kappa shape index (κ3) is 3.66. The Morgan fingerprint density at radius 1 is 0.871 bits per heavy atom. The molecule has 0 aromatic heterocycles. The average molecular weight is 407 g/mol. The predicted octanol–water partition coefficient (Wildman–Crippen LogP) is 6.37. The molecule has 1 aliphatic carbocycles. The van der Waals surface area contributed by atoms with Crippen LogP contribution in [0, 0.1) is 0 Å². The molecule has 0 heterocycles. The van der Waals surface area contributed by atoms with Crippen molar-refractivity contribution < 1.29 is 9.53 Å². The summed E-state index contributed by atoms with van der Waals surface area (Å²) < 4.78 is 5.53. The van der Waals surface area contributed by atoms with Gasteiger partial charge in [-0.25, -0.2) is 4.79 Å². The van der Waals surface area contributed by atoms with E-state index in [-0.39, 0.29) is 18.5 Å². The topological polar surface area (TPSA) is 26.3 Å². The third-order valence-electron chi connectivity index (χ3n) is 6.04. The standard InChI is InChI=1S/C29H26O2/c1-3-21-31-28(30)26-20-19-22(2)29(24-15-9-5-10-16-24,25-17-11-6-12-18-25)27(26)23-13-7-4-8-14-23/h3-20,27H,1,21H2,2H3. The maximum absolute atomic E-state index is 13.2. The monoisotopic (exact) mass is 406 g/mol. The Morgan fingerprint density at radius 3 is 1.90 bits per heavy atom. The summed E-state index contributed by atoms with van der Waals surface area (Å²) in [5.74, 6) is -0.547. The van der Waals surface area contributed by atoms with Crippen molar-refractivity contribution in [3.8, 4) is 0 Å². The van der Waals surface area contributed by atoms with Crippen molar-refractivity contribution in [2.24, 2.45) is 0 Å². The molecule has 0 fully saturated rings. The van der Waals surface area contributed by atoms with Crippen LogP contribution in [0.2, 0.25) is 0 Å². The fraction of sp³-hybridized carbons (Fsp3) is 0.138. The highest BCUT2D eigenvalue weighted by molar-refractivity contribution is 5.92. The average Bonchev–Trinajstić information content (AvgIpc) is 2.84. The highest BCUT2D eigenvalue weighted by atomic mass is 16.5. The van der Waals surface area contributed by atoms with E-state index in [0.29, 0.717) is 5.57 Å². The Bertz CT molecular complexity index is 1070. The van der Waals surface area contributed by atoms with E-state index in [9.17, 15) is 4.79 Å². The van der Waals surface area contributed by atoms with Crippen molar-refractivity contribution >= 4 is 5.97 Å². The summed E-state index contributed by atoms with van der Waals surface area (Å²) in [6, 6.07) is 31.1. The Hall–Kier alpha value is -3.65. The molecule has 0 aliphatic heterocycles. The van der Waals surface area contributed by atoms with Crippen molar-refractivity contribution in [3.05, 3.63) is 144 Å². The first-order valence-electron chi connectivity index (χ1n) is 10.5. The highest BCUT2D eigenvalue weighted by Crippen LogP contribution is 2.54. The second-order valence-electron chi connectivity index (χ2n) is 7.74. The lowest BCUT2D eigenvalue weighted by Gasteiger charge is -2.45. The first kappa shape index (κ1) is 20.6. The zero-order valence-corrected chi connectivity index (χ0v) is 17.7. The quantitative estimate of drug-likeness (QED) is 0.351. The van der Waals surface area contributed by atoms with Crippen LogP contribution in [0.25, 0.3) is 0 Å². The van der Waals surface area contributed by atoms with Gasteiger partial charge in [0.2, 0.25) is 0 Å². The molecule has 154 valence electrons. The van der Waals surface area contributed by atoms with Crippen molar-refractivity contribution in [2.45, 2.75) is 18.3 Å². The number of hydrogen-bond acceptors (Lipinski definition) is 2. The summed E-state index contributed by atoms with van der Waals surface area (Å²) in [6.07, 6.45) is 5.58. The number of hydrogen-bond donors (Lipinski definition) is 0. The zero-order chi connectivity index (χ0) is 21.7. The van der Waals surface area contributed by atoms with E-state index in [1.54, 1.807) is 6.08 Å². The second-order valence-corrected chi connectivity index (χ2v) is 7.74. The summed E-state index contributed by atoms with van der Waals surface area (Å²) in [4.78, 5) is 13.2. The van der Waals surface area contributed by atoms with Crippen molar-refractivity contribution in [3.63, 3.8) is 0 Å². The molecule has 0 amide bonds. The van der Waals surface area contributed by atoms with Crippen molar-refractivity contribution in [1.29, 1.82) is 0 Å². The lowest BCUT2D eigenvalue weighted by molar-refractivity contribution is -0.138. The van der Waals surface area contributed by atoms with Gasteiger partial charge in [0.15, 0.2) is 0 Å². The van der Waals surface area contributed by atoms with Gasteiger partial charge in [-0.1, -0.05) is 121 Å². The van der Waals surface area contributed by atoms with Crippen LogP contribution in [0.15, 0.2) is 127 Å². The summed E-state index contributed by atoms with van der Waals surface area (Å²) in [5, 5.41) is 0. The molecule has 4 rings (SSSR count). The molecule has 2 nitrogen and oxygen atoms in total. The summed E-state index contributed by atoms with van der Waals surface area (Å²) in [7, 11) is 0. The van der Waals surface area contributed by atoms with Gasteiger partial charge in [-0.3, -0.25) is 0 Å². The zero-order valence-electron chi connectivity index (χ0n) is 17.7. The highest BCUT2D eigenvalue weighted by Gasteiger charge is 2.49. The van der Waals surface area contributed by atoms with Crippen LogP contribution >= 0.6 is 0 Å². The van der Waals surface area contributed by atoms with E-state index in [0.717, 1.165) is 16.7 Å². The van der Waals surface area contributed by atoms with Gasteiger partial charge in [-0.2, -0.15) is 0 Å². The first-order chi connectivity index (χ1) is 15.2. The Labute approximate surface area is 184 Å². The minimum absolute atomic E-state index is 0.185. The van der Waals surface area contributed by atoms with Crippen LogP contribution in [-0.4, -0.2) is 12.6 Å². The van der Waals surface area contributed by atoms with E-state index >= 15 is 0 Å². The number of carbonyl (C=O) groups is 1. The summed E-state index contributed by atoms with van der Waals surface area (Å²) >= 11 is 0.